The van der Waals surface area contributed by atoms with Crippen molar-refractivity contribution >= 4 is 47.6 Å². The van der Waals surface area contributed by atoms with Gasteiger partial charge in [-0.1, -0.05) is 159 Å². The number of ether oxygens (including phenoxy) is 4. The van der Waals surface area contributed by atoms with E-state index >= 15 is 0 Å². The van der Waals surface area contributed by atoms with Gasteiger partial charge in [-0.2, -0.15) is 8.61 Å². The van der Waals surface area contributed by atoms with E-state index in [1.165, 1.54) is 75.1 Å². The van der Waals surface area contributed by atoms with E-state index in [9.17, 15) is 57.2 Å². The van der Waals surface area contributed by atoms with Crippen molar-refractivity contribution < 1.29 is 77.5 Å². The van der Waals surface area contributed by atoms with E-state index in [0.717, 1.165) is 22.3 Å². The number of hydrogen-bond donors (Lipinski definition) is 0. The second-order valence-electron chi connectivity index (χ2n) is 23.6. The van der Waals surface area contributed by atoms with Crippen LogP contribution in [0.15, 0.2) is 233 Å². The topological polar surface area (TPSA) is 207 Å². The van der Waals surface area contributed by atoms with Crippen LogP contribution in [0.5, 0.6) is 23.0 Å². The van der Waals surface area contributed by atoms with Gasteiger partial charge in [0, 0.05) is 46.8 Å². The lowest BCUT2D eigenvalue weighted by atomic mass is 10.0. The van der Waals surface area contributed by atoms with E-state index in [0.29, 0.717) is 83.7 Å². The molecule has 0 fully saturated rings. The van der Waals surface area contributed by atoms with Crippen molar-refractivity contribution in [2.45, 2.75) is 56.2 Å². The first-order valence-corrected chi connectivity index (χ1v) is 36.6. The second kappa shape index (κ2) is 36.3. The number of rotatable bonds is 19. The number of sulfonamides is 2. The highest BCUT2D eigenvalue weighted by molar-refractivity contribution is 7.91. The third-order valence-electron chi connectivity index (χ3n) is 16.8. The molecule has 0 N–H and O–H groups in total. The molecule has 3 heterocycles. The number of halogens is 4. The molecule has 0 spiro atoms. The fraction of sp³-hybridized carbons (Fsp3) is 0.269. The summed E-state index contributed by atoms with van der Waals surface area (Å²) in [5.74, 6) is 0.550. The number of carbonyl (C=O) groups excluding carboxylic acids is 3. The summed E-state index contributed by atoms with van der Waals surface area (Å²) in [5, 5.41) is 0. The van der Waals surface area contributed by atoms with E-state index in [4.69, 9.17) is 15.6 Å². The normalized spacial score (nSPS) is 13.7. The summed E-state index contributed by atoms with van der Waals surface area (Å²) in [6.07, 6.45) is -4.41. The SMILES string of the molecule is C.C.CN(CCN1CCOc2ccc(-c3ccc(OC(F)(F)F)cc3)cc2C1=O)S(=O)(=O)c1ccccc1.Cc1ccc(-c2ccc3c(c2)C(=O)N(CCCS(=O)(=O)c2ccccc2)CCO3)cc1.Cc1ccc(-c2ccc3c(c2)C(=O)N(CCN(C)S(=O)(=O)c2ccccc2)CCO3)cc1.[2H]CF. The summed E-state index contributed by atoms with van der Waals surface area (Å²) in [4.78, 5) is 45.4. The fourth-order valence-electron chi connectivity index (χ4n) is 11.1. The average Bonchev–Trinajstić information content (AvgIpc) is 1.51. The number of likely N-dealkylation sites (N-methyl/N-ethyl adjacent to an activating group) is 2. The van der Waals surface area contributed by atoms with E-state index in [2.05, 4.69) is 4.74 Å². The van der Waals surface area contributed by atoms with E-state index < -0.39 is 43.4 Å². The lowest BCUT2D eigenvalue weighted by Gasteiger charge is -2.24. The molecule has 0 bridgehead atoms. The minimum Gasteiger partial charge on any atom is -0.491 e. The van der Waals surface area contributed by atoms with Gasteiger partial charge in [-0.15, -0.1) is 13.2 Å². The molecular formula is C78H85F4N5O13S3. The molecule has 9 aromatic carbocycles. The summed E-state index contributed by atoms with van der Waals surface area (Å²) in [6, 6.07) is 62.6. The van der Waals surface area contributed by atoms with Crippen LogP contribution >= 0.6 is 0 Å². The molecule has 0 atom stereocenters. The zero-order chi connectivity index (χ0) is 73.2. The Bertz CT molecular complexity index is 4690. The summed E-state index contributed by atoms with van der Waals surface area (Å²) >= 11 is 0. The monoisotopic (exact) mass is 1470 g/mol. The Morgan fingerprint density at radius 1 is 0.447 bits per heavy atom. The lowest BCUT2D eigenvalue weighted by Crippen LogP contribution is -2.40. The van der Waals surface area contributed by atoms with E-state index in [1.54, 1.807) is 107 Å². The third-order valence-corrected chi connectivity index (χ3v) is 22.3. The Kier molecular flexibility index (Phi) is 27.8. The Morgan fingerprint density at radius 3 is 1.08 bits per heavy atom. The molecule has 103 heavy (non-hydrogen) atoms. The first kappa shape index (κ1) is 78.8. The highest BCUT2D eigenvalue weighted by Gasteiger charge is 2.33. The van der Waals surface area contributed by atoms with Crippen LogP contribution in [0.25, 0.3) is 33.4 Å². The average molecular weight is 1470 g/mol. The molecule has 3 aliphatic heterocycles. The molecule has 0 aromatic heterocycles. The molecule has 3 amide bonds. The van der Waals surface area contributed by atoms with Crippen molar-refractivity contribution in [2.75, 3.05) is 99.2 Å². The van der Waals surface area contributed by atoms with Gasteiger partial charge < -0.3 is 33.6 Å². The summed E-state index contributed by atoms with van der Waals surface area (Å²) in [7, 11) is -8.68. The highest BCUT2D eigenvalue weighted by atomic mass is 32.2. The fourth-order valence-corrected chi connectivity index (χ4v) is 14.8. The molecule has 546 valence electrons. The molecule has 0 radical (unpaired) electrons. The Labute approximate surface area is 603 Å². The molecule has 0 unspecified atom stereocenters. The molecule has 0 aliphatic carbocycles. The minimum absolute atomic E-state index is 0. The van der Waals surface area contributed by atoms with Gasteiger partial charge in [-0.05, 0) is 139 Å². The van der Waals surface area contributed by atoms with Gasteiger partial charge in [0.1, 0.15) is 42.8 Å². The van der Waals surface area contributed by atoms with Gasteiger partial charge in [-0.25, -0.2) is 25.3 Å². The first-order valence-electron chi connectivity index (χ1n) is 32.8. The number of alkyl halides is 4. The summed E-state index contributed by atoms with van der Waals surface area (Å²) < 4.78 is 153. The quantitative estimate of drug-likeness (QED) is 0.0691. The van der Waals surface area contributed by atoms with Crippen LogP contribution in [0.3, 0.4) is 0 Å². The van der Waals surface area contributed by atoms with Crippen molar-refractivity contribution in [2.24, 2.45) is 0 Å². The summed E-state index contributed by atoms with van der Waals surface area (Å²) in [6.45, 7) is 7.20. The van der Waals surface area contributed by atoms with Gasteiger partial charge in [0.05, 0.1) is 65.3 Å². The van der Waals surface area contributed by atoms with Gasteiger partial charge in [0.25, 0.3) is 17.7 Å². The maximum atomic E-state index is 13.3. The van der Waals surface area contributed by atoms with Crippen LogP contribution in [0, 0.1) is 13.8 Å². The Morgan fingerprint density at radius 2 is 0.748 bits per heavy atom. The summed E-state index contributed by atoms with van der Waals surface area (Å²) in [5.41, 5.74) is 8.78. The van der Waals surface area contributed by atoms with E-state index in [1.807, 2.05) is 98.8 Å². The van der Waals surface area contributed by atoms with Gasteiger partial charge in [-0.3, -0.25) is 18.8 Å². The molecule has 25 heteroatoms. The minimum atomic E-state index is -4.78. The smallest absolute Gasteiger partial charge is 0.491 e. The zero-order valence-corrected chi connectivity index (χ0v) is 58.4. The van der Waals surface area contributed by atoms with Crippen LogP contribution in [0.1, 0.15) is 64.8 Å². The predicted octanol–water partition coefficient (Wildman–Crippen LogP) is 14.4. The Balaban J connectivity index is 0.000000212. The van der Waals surface area contributed by atoms with Gasteiger partial charge >= 0.3 is 6.36 Å². The number of fused-ring (bicyclic) bond motifs is 3. The number of amides is 3. The molecular weight excluding hydrogens is 1390 g/mol. The van der Waals surface area contributed by atoms with Crippen molar-refractivity contribution in [3.05, 3.63) is 246 Å². The number of sulfone groups is 1. The van der Waals surface area contributed by atoms with Crippen molar-refractivity contribution in [3.63, 3.8) is 0 Å². The molecule has 0 saturated carbocycles. The number of benzene rings is 9. The standard InChI is InChI=1S/C25H23F3N2O5S.C25H26N2O4S.C25H25NO4S.CH3F.2CH4/c1-29(36(32,33)21-5-3-2-4-6-21)13-14-30-15-16-34-23-12-9-19(17-22(23)24(30)31)18-7-10-20(11-8-18)35-25(26,27)28;1-19-8-10-20(11-9-19)21-12-13-24-23(18-21)25(28)27(16-17-31-24)15-14-26(2)32(29,30)22-6-4-3-5-7-22;1-19-8-10-20(11-9-19)21-12-13-24-23(18-21)25(27)26(15-16-30-24)14-5-17-31(28,29)22-6-3-2-4-7-22;1-2;;/h2-12,17H,13-16H2,1H3;3-13,18H,14-17H2,1-2H3;2-4,6-13,18H,5,14-17H2,1H3;1H3;2*1H4/i;;;1D;;. The lowest BCUT2D eigenvalue weighted by molar-refractivity contribution is -0.274. The largest absolute Gasteiger partial charge is 0.573 e. The highest BCUT2D eigenvalue weighted by Crippen LogP contribution is 2.34. The van der Waals surface area contributed by atoms with Gasteiger partial charge in [0.2, 0.25) is 20.0 Å². The number of aryl methyl sites for hydroxylation is 2. The van der Waals surface area contributed by atoms with Crippen molar-refractivity contribution in [1.29, 1.82) is 0 Å². The van der Waals surface area contributed by atoms with Gasteiger partial charge in [0.15, 0.2) is 9.84 Å². The Hall–Kier alpha value is -9.92. The molecule has 3 aliphatic rings. The number of carbonyl (C=O) groups is 3. The van der Waals surface area contributed by atoms with Crippen LogP contribution in [0.4, 0.5) is 17.6 Å². The van der Waals surface area contributed by atoms with Crippen LogP contribution in [-0.2, 0) is 29.9 Å². The third kappa shape index (κ3) is 20.9. The molecule has 0 saturated heterocycles. The van der Waals surface area contributed by atoms with Crippen molar-refractivity contribution in [3.8, 4) is 56.4 Å². The second-order valence-corrected chi connectivity index (χ2v) is 29.8. The predicted molar refractivity (Wildman–Crippen MR) is 392 cm³/mol. The van der Waals surface area contributed by atoms with Crippen LogP contribution < -0.4 is 18.9 Å². The maximum Gasteiger partial charge on any atom is 0.573 e. The number of hydrogen-bond acceptors (Lipinski definition) is 13. The van der Waals surface area contributed by atoms with Crippen LogP contribution in [-0.4, -0.2) is 172 Å². The number of nitrogens with zero attached hydrogens (tertiary/aromatic N) is 5. The first-order chi connectivity index (χ1) is 48.8. The zero-order valence-electron chi connectivity index (χ0n) is 57.0. The molecule has 12 rings (SSSR count). The van der Waals surface area contributed by atoms with E-state index in [-0.39, 0.29) is 98.8 Å². The van der Waals surface area contributed by atoms with Crippen LogP contribution in [0.2, 0.25) is 0 Å². The molecule has 18 nitrogen and oxygen atoms in total. The molecule has 9 aromatic rings. The van der Waals surface area contributed by atoms with Crippen molar-refractivity contribution in [1.82, 2.24) is 23.3 Å². The maximum absolute atomic E-state index is 13.3.